The number of anilines is 1. The molecule has 1 heterocycles. The number of aliphatic imine (C=N–C) groups is 1. The zero-order valence-corrected chi connectivity index (χ0v) is 15.2. The van der Waals surface area contributed by atoms with Gasteiger partial charge in [-0.1, -0.05) is 49.4 Å². The molecule has 0 unspecified atom stereocenters. The summed E-state index contributed by atoms with van der Waals surface area (Å²) in [6, 6.07) is 13.8. The number of hydrogen-bond donors (Lipinski definition) is 3. The van der Waals surface area contributed by atoms with Crippen molar-refractivity contribution in [3.05, 3.63) is 65.5 Å². The second kappa shape index (κ2) is 7.47. The fraction of sp³-hybridized carbons (Fsp3) is 0.167. The predicted octanol–water partition coefficient (Wildman–Crippen LogP) is 3.15. The van der Waals surface area contributed by atoms with Gasteiger partial charge in [-0.2, -0.15) is 8.42 Å². The fourth-order valence-electron chi connectivity index (χ4n) is 2.61. The maximum atomic E-state index is 11.9. The van der Waals surface area contributed by atoms with Gasteiger partial charge in [-0.3, -0.25) is 4.99 Å². The second-order valence-electron chi connectivity index (χ2n) is 5.74. The summed E-state index contributed by atoms with van der Waals surface area (Å²) < 4.78 is 29.8. The van der Waals surface area contributed by atoms with Crippen molar-refractivity contribution >= 4 is 33.3 Å². The number of phenols is 1. The summed E-state index contributed by atoms with van der Waals surface area (Å²) in [6.07, 6.45) is 0.654. The van der Waals surface area contributed by atoms with Crippen LogP contribution in [0.4, 0.5) is 11.4 Å². The Hall–Kier alpha value is -3.38. The number of hydrogen-bond acceptors (Lipinski definition) is 5. The molecule has 1 aliphatic rings. The van der Waals surface area contributed by atoms with Gasteiger partial charge in [0.1, 0.15) is 5.75 Å². The van der Waals surface area contributed by atoms with Gasteiger partial charge in [0.15, 0.2) is 11.7 Å². The Bertz CT molecular complexity index is 1060. The summed E-state index contributed by atoms with van der Waals surface area (Å²) in [7, 11) is -3.93. The number of para-hydroxylation sites is 1. The van der Waals surface area contributed by atoms with Gasteiger partial charge in [0.05, 0.1) is 18.3 Å². The zero-order chi connectivity index (χ0) is 19.4. The van der Waals surface area contributed by atoms with Gasteiger partial charge in [-0.25, -0.2) is 9.57 Å². The van der Waals surface area contributed by atoms with Crippen LogP contribution in [-0.2, 0) is 10.2 Å². The maximum absolute atomic E-state index is 11.9. The lowest BCUT2D eigenvalue weighted by Gasteiger charge is -2.13. The van der Waals surface area contributed by atoms with Crippen molar-refractivity contribution in [2.45, 2.75) is 19.4 Å². The molecule has 3 N–H and O–H groups in total. The molecule has 0 amide bonds. The predicted molar refractivity (Wildman–Crippen MR) is 104 cm³/mol. The minimum absolute atomic E-state index is 0.0400. The van der Waals surface area contributed by atoms with Gasteiger partial charge in [0.25, 0.3) is 0 Å². The molecular weight excluding hydrogens is 366 g/mol. The van der Waals surface area contributed by atoms with Crippen LogP contribution in [0.1, 0.15) is 24.9 Å². The number of phenolic OH excluding ortho intramolecular Hbond substituents is 1. The van der Waals surface area contributed by atoms with E-state index >= 15 is 0 Å². The highest BCUT2D eigenvalue weighted by Crippen LogP contribution is 2.34. The number of nitrogens with one attached hydrogen (secondary N) is 2. The molecule has 0 spiro atoms. The molecule has 9 heteroatoms. The van der Waals surface area contributed by atoms with E-state index in [4.69, 9.17) is 6.57 Å². The van der Waals surface area contributed by atoms with E-state index in [1.807, 2.05) is 37.3 Å². The largest absolute Gasteiger partial charge is 0.517 e. The van der Waals surface area contributed by atoms with Crippen LogP contribution in [0.2, 0.25) is 0 Å². The van der Waals surface area contributed by atoms with Crippen LogP contribution in [0.5, 0.6) is 5.75 Å². The highest BCUT2D eigenvalue weighted by atomic mass is 32.2. The van der Waals surface area contributed by atoms with E-state index in [0.29, 0.717) is 6.42 Å². The summed E-state index contributed by atoms with van der Waals surface area (Å²) in [5.41, 5.74) is 1.15. The summed E-state index contributed by atoms with van der Waals surface area (Å²) >= 11 is 0. The minimum Gasteiger partial charge on any atom is -0.517 e. The molecule has 2 aromatic rings. The third-order valence-corrected chi connectivity index (χ3v) is 4.78. The topological polar surface area (TPSA) is 108 Å². The number of amidine groups is 2. The van der Waals surface area contributed by atoms with Crippen LogP contribution in [-0.4, -0.2) is 25.2 Å². The number of nitrogens with zero attached hydrogens (tertiary/aromatic N) is 3. The smallest absolute Gasteiger partial charge is 0.345 e. The van der Waals surface area contributed by atoms with Gasteiger partial charge in [-0.15, -0.1) is 4.40 Å². The molecule has 27 heavy (non-hydrogen) atoms. The maximum Gasteiger partial charge on any atom is 0.345 e. The molecule has 1 atom stereocenters. The monoisotopic (exact) mass is 383 g/mol. The van der Waals surface area contributed by atoms with Gasteiger partial charge in [0, 0.05) is 0 Å². The van der Waals surface area contributed by atoms with Crippen LogP contribution in [0.15, 0.2) is 57.9 Å². The van der Waals surface area contributed by atoms with Crippen LogP contribution >= 0.6 is 0 Å². The van der Waals surface area contributed by atoms with Crippen molar-refractivity contribution in [1.29, 1.82) is 0 Å². The van der Waals surface area contributed by atoms with Crippen molar-refractivity contribution in [3.8, 4) is 5.75 Å². The molecule has 2 aromatic carbocycles. The first kappa shape index (κ1) is 18.4. The van der Waals surface area contributed by atoms with E-state index in [1.54, 1.807) is 6.07 Å². The van der Waals surface area contributed by atoms with Crippen LogP contribution in [0.25, 0.3) is 4.85 Å². The summed E-state index contributed by atoms with van der Waals surface area (Å²) in [6.45, 7) is 9.00. The lowest BCUT2D eigenvalue weighted by Crippen LogP contribution is -2.31. The molecule has 3 rings (SSSR count). The quantitative estimate of drug-likeness (QED) is 0.557. The number of rotatable bonds is 4. The Morgan fingerprint density at radius 2 is 2.00 bits per heavy atom. The van der Waals surface area contributed by atoms with E-state index < -0.39 is 10.2 Å². The molecule has 0 aliphatic carbocycles. The van der Waals surface area contributed by atoms with Crippen LogP contribution in [0, 0.1) is 6.57 Å². The highest BCUT2D eigenvalue weighted by Gasteiger charge is 2.28. The second-order valence-corrected chi connectivity index (χ2v) is 7.08. The van der Waals surface area contributed by atoms with Crippen molar-refractivity contribution in [3.63, 3.8) is 0 Å². The Morgan fingerprint density at radius 1 is 1.26 bits per heavy atom. The average Bonchev–Trinajstić information content (AvgIpc) is 2.95. The van der Waals surface area contributed by atoms with Crippen molar-refractivity contribution < 1.29 is 13.5 Å². The van der Waals surface area contributed by atoms with E-state index in [1.165, 1.54) is 12.1 Å². The molecular formula is C18H17N5O3S. The molecule has 0 fully saturated rings. The molecule has 1 aliphatic heterocycles. The van der Waals surface area contributed by atoms with Crippen LogP contribution in [0.3, 0.4) is 0 Å². The van der Waals surface area contributed by atoms with Gasteiger partial charge in [-0.05, 0) is 18.1 Å². The lowest BCUT2D eigenvalue weighted by atomic mass is 10.1. The standard InChI is InChI=1S/C18H17N5O3S/c1-3-13(12-8-5-4-6-9-12)20-17-18(23-27(25,26)22-17)21-15-11-7-10-14(19-2)16(15)24/h4-11,13,24H,3H2,1H3,(H,20,22)(H,21,23)/t13-/m1/s1. The van der Waals surface area contributed by atoms with Gasteiger partial charge >= 0.3 is 10.2 Å². The third kappa shape index (κ3) is 4.07. The van der Waals surface area contributed by atoms with Crippen molar-refractivity contribution in [2.75, 3.05) is 5.32 Å². The summed E-state index contributed by atoms with van der Waals surface area (Å²) in [5, 5.41) is 12.9. The molecule has 0 saturated heterocycles. The number of benzene rings is 2. The Morgan fingerprint density at radius 3 is 2.67 bits per heavy atom. The first-order valence-electron chi connectivity index (χ1n) is 8.15. The normalized spacial score (nSPS) is 17.6. The molecule has 0 saturated carbocycles. The highest BCUT2D eigenvalue weighted by molar-refractivity contribution is 7.89. The first-order chi connectivity index (χ1) is 12.9. The Balaban J connectivity index is 1.97. The molecule has 8 nitrogen and oxygen atoms in total. The minimum atomic E-state index is -3.93. The van der Waals surface area contributed by atoms with Gasteiger partial charge in [0.2, 0.25) is 5.69 Å². The molecule has 0 aromatic heterocycles. The van der Waals surface area contributed by atoms with E-state index in [-0.39, 0.29) is 34.8 Å². The molecule has 0 bridgehead atoms. The molecule has 138 valence electrons. The van der Waals surface area contributed by atoms with Crippen molar-refractivity contribution in [1.82, 2.24) is 4.72 Å². The van der Waals surface area contributed by atoms with Crippen molar-refractivity contribution in [2.24, 2.45) is 9.39 Å². The van der Waals surface area contributed by atoms with E-state index in [0.717, 1.165) is 5.56 Å². The summed E-state index contributed by atoms with van der Waals surface area (Å²) in [5.74, 6) is -0.269. The third-order valence-electron chi connectivity index (χ3n) is 3.91. The van der Waals surface area contributed by atoms with E-state index in [9.17, 15) is 13.5 Å². The zero-order valence-electron chi connectivity index (χ0n) is 14.4. The fourth-order valence-corrected chi connectivity index (χ4v) is 3.42. The molecule has 0 radical (unpaired) electrons. The van der Waals surface area contributed by atoms with E-state index in [2.05, 4.69) is 24.3 Å². The van der Waals surface area contributed by atoms with Crippen LogP contribution < -0.4 is 10.0 Å². The lowest BCUT2D eigenvalue weighted by molar-refractivity contribution is 0.481. The first-order valence-corrected chi connectivity index (χ1v) is 9.60. The Labute approximate surface area is 157 Å². The average molecular weight is 383 g/mol. The Kier molecular flexibility index (Phi) is 5.09. The SMILES string of the molecule is [C-]#[N+]c1cccc(NC2=NS(=O)(=O)NC2=N[C@H](CC)c2ccccc2)c1O. The summed E-state index contributed by atoms with van der Waals surface area (Å²) in [4.78, 5) is 7.71. The number of aromatic hydroxyl groups is 1. The van der Waals surface area contributed by atoms with Gasteiger partial charge < -0.3 is 10.4 Å².